The molecule has 144 valence electrons. The minimum absolute atomic E-state index is 0.0172. The number of hydrogen-bond acceptors (Lipinski definition) is 5. The quantitative estimate of drug-likeness (QED) is 0.562. The first-order chi connectivity index (χ1) is 12.9. The van der Waals surface area contributed by atoms with Crippen molar-refractivity contribution in [1.82, 2.24) is 5.32 Å². The fraction of sp³-hybridized carbons (Fsp3) is 0.381. The number of nitrogens with two attached hydrogens (primary N) is 1. The number of aromatic hydroxyl groups is 1. The molecular formula is C21H27N3O3. The van der Waals surface area contributed by atoms with Gasteiger partial charge in [-0.05, 0) is 55.5 Å². The number of phenols is 1. The Morgan fingerprint density at radius 3 is 2.52 bits per heavy atom. The molecule has 0 heterocycles. The van der Waals surface area contributed by atoms with Crippen LogP contribution in [0.1, 0.15) is 47.7 Å². The van der Waals surface area contributed by atoms with Gasteiger partial charge in [-0.25, -0.2) is 0 Å². The fourth-order valence-electron chi connectivity index (χ4n) is 3.85. The van der Waals surface area contributed by atoms with Crippen LogP contribution in [0.3, 0.4) is 0 Å². The van der Waals surface area contributed by atoms with Crippen molar-refractivity contribution in [3.8, 4) is 5.75 Å². The molecule has 0 spiro atoms. The number of hydrogen-bond donors (Lipinski definition) is 4. The largest absolute Gasteiger partial charge is 0.507 e. The van der Waals surface area contributed by atoms with Crippen LogP contribution < -0.4 is 16.0 Å². The van der Waals surface area contributed by atoms with Gasteiger partial charge >= 0.3 is 0 Å². The Balaban J connectivity index is 1.75. The van der Waals surface area contributed by atoms with E-state index in [4.69, 9.17) is 5.73 Å². The second-order valence-corrected chi connectivity index (χ2v) is 7.17. The summed E-state index contributed by atoms with van der Waals surface area (Å²) < 4.78 is 0. The van der Waals surface area contributed by atoms with Crippen molar-refractivity contribution in [2.45, 2.75) is 37.5 Å². The lowest BCUT2D eigenvalue weighted by Crippen LogP contribution is -2.56. The Bertz CT molecular complexity index is 789. The summed E-state index contributed by atoms with van der Waals surface area (Å²) in [6.07, 6.45) is 3.43. The molecule has 1 aliphatic carbocycles. The number of benzene rings is 2. The van der Waals surface area contributed by atoms with Crippen LogP contribution in [0.5, 0.6) is 5.75 Å². The number of carbonyl (C=O) groups excluding carboxylic acids is 1. The zero-order valence-corrected chi connectivity index (χ0v) is 15.6. The maximum absolute atomic E-state index is 11.4. The molecule has 5 N–H and O–H groups in total. The first-order valence-corrected chi connectivity index (χ1v) is 9.28. The van der Waals surface area contributed by atoms with E-state index in [1.807, 2.05) is 18.2 Å². The molecule has 1 fully saturated rings. The van der Waals surface area contributed by atoms with Gasteiger partial charge in [0.25, 0.3) is 5.91 Å². The standard InChI is InChI=1S/C21H27N3O3/c1-24(16-7-3-2-4-8-16)21(11-5-6-12-21)23-14-19(26)15-9-10-18(25)17(13-15)20(22)27/h2-4,7-10,13,19,23,25-26H,5-6,11-12,14H2,1H3,(H2,22,27). The number of primary amides is 1. The van der Waals surface area contributed by atoms with Crippen LogP contribution in [0.25, 0.3) is 0 Å². The van der Waals surface area contributed by atoms with Crippen molar-refractivity contribution >= 4 is 11.6 Å². The van der Waals surface area contributed by atoms with Crippen molar-refractivity contribution in [2.75, 3.05) is 18.5 Å². The second-order valence-electron chi connectivity index (χ2n) is 7.17. The van der Waals surface area contributed by atoms with E-state index in [0.29, 0.717) is 12.1 Å². The summed E-state index contributed by atoms with van der Waals surface area (Å²) in [5.41, 5.74) is 6.75. The first kappa shape index (κ1) is 19.2. The summed E-state index contributed by atoms with van der Waals surface area (Å²) in [6.45, 7) is 0.333. The molecule has 0 bridgehead atoms. The Hall–Kier alpha value is -2.57. The third-order valence-electron chi connectivity index (χ3n) is 5.51. The number of amides is 1. The van der Waals surface area contributed by atoms with Crippen LogP contribution in [0.2, 0.25) is 0 Å². The highest BCUT2D eigenvalue weighted by Crippen LogP contribution is 2.35. The zero-order chi connectivity index (χ0) is 19.4. The van der Waals surface area contributed by atoms with E-state index in [0.717, 1.165) is 31.4 Å². The molecule has 0 aromatic heterocycles. The summed E-state index contributed by atoms with van der Waals surface area (Å²) in [7, 11) is 2.08. The third-order valence-corrected chi connectivity index (χ3v) is 5.51. The lowest BCUT2D eigenvalue weighted by molar-refractivity contribution is 0.0997. The molecule has 1 aliphatic rings. The van der Waals surface area contributed by atoms with Gasteiger partial charge in [0.2, 0.25) is 0 Å². The van der Waals surface area contributed by atoms with E-state index in [9.17, 15) is 15.0 Å². The Morgan fingerprint density at radius 2 is 1.89 bits per heavy atom. The monoisotopic (exact) mass is 369 g/mol. The Morgan fingerprint density at radius 1 is 1.22 bits per heavy atom. The van der Waals surface area contributed by atoms with E-state index < -0.39 is 12.0 Å². The summed E-state index contributed by atoms with van der Waals surface area (Å²) in [5.74, 6) is -0.895. The SMILES string of the molecule is CN(c1ccccc1)C1(NCC(O)c2ccc(O)c(C(N)=O)c2)CCCC1. The van der Waals surface area contributed by atoms with Gasteiger partial charge in [0.05, 0.1) is 17.3 Å². The third kappa shape index (κ3) is 4.07. The van der Waals surface area contributed by atoms with Crippen LogP contribution in [0.15, 0.2) is 48.5 Å². The Labute approximate surface area is 159 Å². The van der Waals surface area contributed by atoms with Gasteiger partial charge in [-0.3, -0.25) is 10.1 Å². The molecule has 0 radical (unpaired) electrons. The topological polar surface area (TPSA) is 98.8 Å². The van der Waals surface area contributed by atoms with Gasteiger partial charge < -0.3 is 20.8 Å². The van der Waals surface area contributed by atoms with Gasteiger partial charge in [-0.15, -0.1) is 0 Å². The number of aliphatic hydroxyl groups excluding tert-OH is 1. The smallest absolute Gasteiger partial charge is 0.252 e. The van der Waals surface area contributed by atoms with Crippen molar-refractivity contribution in [1.29, 1.82) is 0 Å². The van der Waals surface area contributed by atoms with Gasteiger partial charge in [0.15, 0.2) is 0 Å². The second kappa shape index (κ2) is 7.98. The molecule has 1 atom stereocenters. The summed E-state index contributed by atoms with van der Waals surface area (Å²) >= 11 is 0. The van der Waals surface area contributed by atoms with Crippen molar-refractivity contribution in [3.63, 3.8) is 0 Å². The number of anilines is 1. The van der Waals surface area contributed by atoms with E-state index in [1.165, 1.54) is 12.1 Å². The van der Waals surface area contributed by atoms with E-state index in [2.05, 4.69) is 29.4 Å². The molecule has 1 saturated carbocycles. The van der Waals surface area contributed by atoms with Crippen molar-refractivity contribution in [2.24, 2.45) is 5.73 Å². The highest BCUT2D eigenvalue weighted by Gasteiger charge is 2.38. The van der Waals surface area contributed by atoms with E-state index in [-0.39, 0.29) is 17.0 Å². The first-order valence-electron chi connectivity index (χ1n) is 9.28. The van der Waals surface area contributed by atoms with Crippen molar-refractivity contribution in [3.05, 3.63) is 59.7 Å². The van der Waals surface area contributed by atoms with E-state index >= 15 is 0 Å². The average molecular weight is 369 g/mol. The molecule has 6 nitrogen and oxygen atoms in total. The molecule has 0 aliphatic heterocycles. The molecule has 1 unspecified atom stereocenters. The normalized spacial score (nSPS) is 16.8. The van der Waals surface area contributed by atoms with Gasteiger partial charge in [0.1, 0.15) is 5.75 Å². The fourth-order valence-corrected chi connectivity index (χ4v) is 3.85. The highest BCUT2D eigenvalue weighted by molar-refractivity contribution is 5.95. The van der Waals surface area contributed by atoms with Crippen LogP contribution in [-0.2, 0) is 0 Å². The molecule has 0 saturated heterocycles. The number of carbonyl (C=O) groups is 1. The predicted molar refractivity (Wildman–Crippen MR) is 106 cm³/mol. The highest BCUT2D eigenvalue weighted by atomic mass is 16.3. The van der Waals surface area contributed by atoms with Crippen LogP contribution in [-0.4, -0.2) is 35.4 Å². The van der Waals surface area contributed by atoms with Gasteiger partial charge in [-0.2, -0.15) is 0 Å². The molecular weight excluding hydrogens is 342 g/mol. The number of nitrogens with zero attached hydrogens (tertiary/aromatic N) is 1. The van der Waals surface area contributed by atoms with Crippen LogP contribution >= 0.6 is 0 Å². The van der Waals surface area contributed by atoms with Crippen LogP contribution in [0, 0.1) is 0 Å². The molecule has 1 amide bonds. The Kier molecular flexibility index (Phi) is 5.68. The van der Waals surface area contributed by atoms with Gasteiger partial charge in [-0.1, -0.05) is 24.3 Å². The lowest BCUT2D eigenvalue weighted by Gasteiger charge is -2.42. The average Bonchev–Trinajstić information content (AvgIpc) is 3.16. The number of aliphatic hydroxyl groups is 1. The van der Waals surface area contributed by atoms with E-state index in [1.54, 1.807) is 6.07 Å². The lowest BCUT2D eigenvalue weighted by atomic mass is 10.0. The molecule has 2 aromatic rings. The number of nitrogens with one attached hydrogen (secondary N) is 1. The number of para-hydroxylation sites is 1. The molecule has 27 heavy (non-hydrogen) atoms. The molecule has 2 aromatic carbocycles. The summed E-state index contributed by atoms with van der Waals surface area (Å²) in [4.78, 5) is 13.7. The van der Waals surface area contributed by atoms with Crippen molar-refractivity contribution < 1.29 is 15.0 Å². The predicted octanol–water partition coefficient (Wildman–Crippen LogP) is 2.52. The minimum atomic E-state index is -0.814. The zero-order valence-electron chi connectivity index (χ0n) is 15.6. The van der Waals surface area contributed by atoms with Gasteiger partial charge in [0, 0.05) is 19.3 Å². The molecule has 6 heteroatoms. The molecule has 3 rings (SSSR count). The summed E-state index contributed by atoms with van der Waals surface area (Å²) in [6, 6.07) is 14.6. The maximum atomic E-state index is 11.4. The maximum Gasteiger partial charge on any atom is 0.252 e. The van der Waals surface area contributed by atoms with Crippen LogP contribution in [0.4, 0.5) is 5.69 Å². The summed E-state index contributed by atoms with van der Waals surface area (Å²) in [5, 5.41) is 23.9. The minimum Gasteiger partial charge on any atom is -0.507 e. The number of rotatable bonds is 7.